The average Bonchev–Trinajstić information content (AvgIpc) is 3.95. The van der Waals surface area contributed by atoms with Gasteiger partial charge in [-0.1, -0.05) is 31.9 Å². The van der Waals surface area contributed by atoms with Crippen molar-refractivity contribution in [1.82, 2.24) is 25.2 Å². The van der Waals surface area contributed by atoms with Gasteiger partial charge >= 0.3 is 0 Å². The van der Waals surface area contributed by atoms with Gasteiger partial charge in [-0.3, -0.25) is 29.3 Å². The molecule has 0 spiro atoms. The number of benzene rings is 1. The van der Waals surface area contributed by atoms with Crippen molar-refractivity contribution in [2.75, 3.05) is 13.7 Å². The molecular formula is C40H55N7O8S. The Balaban J connectivity index is 1.54. The van der Waals surface area contributed by atoms with Crippen LogP contribution in [0.2, 0.25) is 0 Å². The van der Waals surface area contributed by atoms with Gasteiger partial charge in [0, 0.05) is 29.7 Å². The second-order valence-corrected chi connectivity index (χ2v) is 16.4. The van der Waals surface area contributed by atoms with Crippen molar-refractivity contribution in [3.05, 3.63) is 35.9 Å². The average molecular weight is 794 g/mol. The van der Waals surface area contributed by atoms with Crippen LogP contribution in [0.3, 0.4) is 0 Å². The summed E-state index contributed by atoms with van der Waals surface area (Å²) in [5.41, 5.74) is -0.660. The molecule has 2 fully saturated rings. The number of allylic oxidation sites excluding steroid dienone is 2. The molecule has 1 aromatic carbocycles. The van der Waals surface area contributed by atoms with Crippen LogP contribution in [0.15, 0.2) is 30.4 Å². The SMILES string of the molecule is CC[C@@]1(C(=O)NS(=O)C2CC2)CC/C=C\CCCCC[C@H](NC(=O)C(=N)C=N)C(=O)N2C[C@H](Oc3cc(OC(C)C)nc4c(C)c(OC)ccc34)C[C@H]2C(=O)N1. The molecule has 0 radical (unpaired) electrons. The normalized spacial score (nSPS) is 24.8. The number of nitrogens with one attached hydrogen (secondary N) is 5. The lowest BCUT2D eigenvalue weighted by atomic mass is 9.88. The maximum absolute atomic E-state index is 14.6. The first-order chi connectivity index (χ1) is 26.8. The lowest BCUT2D eigenvalue weighted by Gasteiger charge is -2.35. The Morgan fingerprint density at radius 2 is 1.88 bits per heavy atom. The Hall–Kier alpha value is -4.86. The smallest absolute Gasteiger partial charge is 0.271 e. The molecule has 56 heavy (non-hydrogen) atoms. The van der Waals surface area contributed by atoms with E-state index in [-0.39, 0.29) is 43.6 Å². The van der Waals surface area contributed by atoms with E-state index in [1.807, 2.05) is 45.1 Å². The van der Waals surface area contributed by atoms with Crippen LogP contribution in [0, 0.1) is 17.7 Å². The molecule has 0 bridgehead atoms. The number of amides is 4. The zero-order valence-corrected chi connectivity index (χ0v) is 33.7. The van der Waals surface area contributed by atoms with Gasteiger partial charge in [-0.25, -0.2) is 9.19 Å². The molecule has 4 amide bonds. The first-order valence-corrected chi connectivity index (χ1v) is 20.7. The standard InChI is InChI=1S/C40H55N7O8S/c1-6-40(39(51)46-56(52)27-15-16-27)19-13-11-9-7-8-10-12-14-30(43-36(48)29(42)22-41)38(50)47-23-26(20-31(47)37(49)45-40)55-33-21-34(54-24(2)3)44-35-25(4)32(53-5)18-17-28(33)35/h9,11,17-18,21-22,24,26-27,30-31,41-42H,6-8,10,12-16,19-20,23H2,1-5H3,(H,43,48)(H,45,49)(H,46,51)/b11-9-,41-22?,42-29?/t26-,30+,31+,40+,56?/m1/s1. The van der Waals surface area contributed by atoms with Gasteiger partial charge in [0.1, 0.15) is 51.9 Å². The molecule has 16 heteroatoms. The third-order valence-corrected chi connectivity index (χ3v) is 12.0. The minimum Gasteiger partial charge on any atom is -0.496 e. The third kappa shape index (κ3) is 10.1. The second kappa shape index (κ2) is 18.9. The molecule has 5 atom stereocenters. The predicted molar refractivity (Wildman–Crippen MR) is 214 cm³/mol. The number of carbonyl (C=O) groups is 4. The van der Waals surface area contributed by atoms with E-state index in [0.29, 0.717) is 47.3 Å². The number of aromatic nitrogens is 1. The zero-order valence-electron chi connectivity index (χ0n) is 32.9. The topological polar surface area (TPSA) is 213 Å². The molecule has 3 heterocycles. The van der Waals surface area contributed by atoms with Crippen molar-refractivity contribution in [1.29, 1.82) is 10.8 Å². The molecule has 2 aromatic rings. The highest BCUT2D eigenvalue weighted by Gasteiger charge is 2.47. The number of methoxy groups -OCH3 is 1. The Labute approximate surface area is 330 Å². The van der Waals surface area contributed by atoms with Crippen molar-refractivity contribution in [3.63, 3.8) is 0 Å². The first kappa shape index (κ1) is 42.3. The van der Waals surface area contributed by atoms with Crippen LogP contribution < -0.4 is 29.6 Å². The molecule has 304 valence electrons. The van der Waals surface area contributed by atoms with E-state index in [9.17, 15) is 23.4 Å². The van der Waals surface area contributed by atoms with Gasteiger partial charge in [-0.15, -0.1) is 0 Å². The number of nitrogens with zero attached hydrogens (tertiary/aromatic N) is 2. The predicted octanol–water partition coefficient (Wildman–Crippen LogP) is 4.35. The van der Waals surface area contributed by atoms with Crippen LogP contribution in [0.1, 0.15) is 97.0 Å². The van der Waals surface area contributed by atoms with Crippen molar-refractivity contribution in [2.45, 2.75) is 133 Å². The summed E-state index contributed by atoms with van der Waals surface area (Å²) < 4.78 is 33.8. The van der Waals surface area contributed by atoms with Crippen LogP contribution in [-0.2, 0) is 30.2 Å². The zero-order chi connectivity index (χ0) is 40.6. The molecular weight excluding hydrogens is 739 g/mol. The van der Waals surface area contributed by atoms with Crippen LogP contribution in [0.5, 0.6) is 17.4 Å². The Morgan fingerprint density at radius 1 is 1.12 bits per heavy atom. The highest BCUT2D eigenvalue weighted by Crippen LogP contribution is 2.37. The van der Waals surface area contributed by atoms with Crippen molar-refractivity contribution in [2.24, 2.45) is 0 Å². The molecule has 1 saturated carbocycles. The van der Waals surface area contributed by atoms with Gasteiger partial charge < -0.3 is 35.2 Å². The minimum absolute atomic E-state index is 0.0373. The summed E-state index contributed by atoms with van der Waals surface area (Å²) in [5.74, 6) is -1.17. The fourth-order valence-corrected chi connectivity index (χ4v) is 8.29. The molecule has 1 saturated heterocycles. The van der Waals surface area contributed by atoms with Gasteiger partial charge in [-0.2, -0.15) is 0 Å². The van der Waals surface area contributed by atoms with E-state index in [1.165, 1.54) is 4.90 Å². The number of fused-ring (bicyclic) bond motifs is 2. The summed E-state index contributed by atoms with van der Waals surface area (Å²) in [7, 11) is -0.0146. The van der Waals surface area contributed by atoms with E-state index < -0.39 is 64.1 Å². The Kier molecular flexibility index (Phi) is 14.2. The van der Waals surface area contributed by atoms with Crippen molar-refractivity contribution < 1.29 is 37.6 Å². The molecule has 2 aliphatic heterocycles. The maximum Gasteiger partial charge on any atom is 0.271 e. The highest BCUT2D eigenvalue weighted by atomic mass is 32.2. The number of ether oxygens (including phenoxy) is 3. The summed E-state index contributed by atoms with van der Waals surface area (Å²) in [6, 6.07) is 3.11. The van der Waals surface area contributed by atoms with Gasteiger partial charge in [0.25, 0.3) is 11.8 Å². The number of rotatable bonds is 12. The van der Waals surface area contributed by atoms with Gasteiger partial charge in [0.05, 0.1) is 30.5 Å². The summed E-state index contributed by atoms with van der Waals surface area (Å²) in [4.78, 5) is 62.1. The summed E-state index contributed by atoms with van der Waals surface area (Å²) in [6.45, 7) is 7.40. The molecule has 1 aromatic heterocycles. The van der Waals surface area contributed by atoms with Crippen molar-refractivity contribution >= 4 is 57.4 Å². The number of hydrogen-bond donors (Lipinski definition) is 5. The fourth-order valence-electron chi connectivity index (χ4n) is 7.18. The summed E-state index contributed by atoms with van der Waals surface area (Å²) in [6.07, 6.45) is 9.40. The largest absolute Gasteiger partial charge is 0.496 e. The molecule has 1 aliphatic carbocycles. The van der Waals surface area contributed by atoms with Crippen LogP contribution in [0.4, 0.5) is 0 Å². The first-order valence-electron chi connectivity index (χ1n) is 19.5. The lowest BCUT2D eigenvalue weighted by molar-refractivity contribution is -0.143. The van der Waals surface area contributed by atoms with Gasteiger partial charge in [0.2, 0.25) is 17.7 Å². The quantitative estimate of drug-likeness (QED) is 0.153. The second-order valence-electron chi connectivity index (χ2n) is 15.0. The number of carbonyl (C=O) groups excluding carboxylic acids is 4. The van der Waals surface area contributed by atoms with Gasteiger partial charge in [-0.05, 0) is 84.3 Å². The van der Waals surface area contributed by atoms with Crippen molar-refractivity contribution in [3.8, 4) is 17.4 Å². The molecule has 3 aliphatic rings. The Morgan fingerprint density at radius 3 is 2.55 bits per heavy atom. The summed E-state index contributed by atoms with van der Waals surface area (Å²) >= 11 is 0. The summed E-state index contributed by atoms with van der Waals surface area (Å²) in [5, 5.41) is 21.5. The molecule has 1 unspecified atom stereocenters. The molecule has 5 rings (SSSR count). The number of hydrogen-bond acceptors (Lipinski definition) is 11. The van der Waals surface area contributed by atoms with E-state index in [4.69, 9.17) is 30.0 Å². The Bertz CT molecular complexity index is 1880. The van der Waals surface area contributed by atoms with E-state index in [1.54, 1.807) is 20.1 Å². The monoisotopic (exact) mass is 793 g/mol. The van der Waals surface area contributed by atoms with Crippen LogP contribution in [-0.4, -0.2) is 98.4 Å². The molecule has 15 nitrogen and oxygen atoms in total. The van der Waals surface area contributed by atoms with Crippen LogP contribution >= 0.6 is 0 Å². The van der Waals surface area contributed by atoms with E-state index in [0.717, 1.165) is 37.7 Å². The third-order valence-electron chi connectivity index (χ3n) is 10.5. The van der Waals surface area contributed by atoms with E-state index in [2.05, 4.69) is 15.4 Å². The fraction of sp³-hybridized carbons (Fsp3) is 0.575. The minimum atomic E-state index is -1.59. The lowest BCUT2D eigenvalue weighted by Crippen LogP contribution is -2.62. The number of pyridine rings is 1. The van der Waals surface area contributed by atoms with Gasteiger partial charge in [0.15, 0.2) is 0 Å². The number of aryl methyl sites for hydroxylation is 1. The highest BCUT2D eigenvalue weighted by molar-refractivity contribution is 7.84. The van der Waals surface area contributed by atoms with E-state index >= 15 is 0 Å². The molecule has 5 N–H and O–H groups in total. The maximum atomic E-state index is 14.6. The van der Waals surface area contributed by atoms with Crippen LogP contribution in [0.25, 0.3) is 10.9 Å².